The molecular formula is C30H42F3N7. The van der Waals surface area contributed by atoms with Crippen molar-refractivity contribution in [3.63, 3.8) is 0 Å². The lowest BCUT2D eigenvalue weighted by atomic mass is 9.94. The van der Waals surface area contributed by atoms with Crippen LogP contribution in [0, 0.1) is 16.9 Å². The van der Waals surface area contributed by atoms with Gasteiger partial charge in [-0.1, -0.05) is 51.1 Å². The highest BCUT2D eigenvalue weighted by Crippen LogP contribution is 2.30. The van der Waals surface area contributed by atoms with Gasteiger partial charge < -0.3 is 16.0 Å². The number of rotatable bonds is 14. The molecule has 1 aromatic carbocycles. The summed E-state index contributed by atoms with van der Waals surface area (Å²) in [7, 11) is 0. The minimum absolute atomic E-state index is 0.00987. The Labute approximate surface area is 235 Å². The zero-order chi connectivity index (χ0) is 29.7. The lowest BCUT2D eigenvalue weighted by Gasteiger charge is -2.22. The summed E-state index contributed by atoms with van der Waals surface area (Å²) >= 11 is 0. The van der Waals surface area contributed by atoms with Crippen molar-refractivity contribution in [1.29, 1.82) is 10.9 Å². The van der Waals surface area contributed by atoms with Crippen molar-refractivity contribution in [3.05, 3.63) is 65.4 Å². The molecular weight excluding hydrogens is 515 g/mol. The highest BCUT2D eigenvalue weighted by atomic mass is 19.4. The fourth-order valence-electron chi connectivity index (χ4n) is 4.61. The summed E-state index contributed by atoms with van der Waals surface area (Å²) in [6, 6.07) is 5.19. The molecule has 0 fully saturated rings. The molecule has 1 aromatic rings. The Bertz CT molecular complexity index is 1130. The predicted molar refractivity (Wildman–Crippen MR) is 158 cm³/mol. The summed E-state index contributed by atoms with van der Waals surface area (Å²) in [5.74, 6) is 0.757. The summed E-state index contributed by atoms with van der Waals surface area (Å²) in [5.41, 5.74) is 9.61. The first-order valence-electron chi connectivity index (χ1n) is 13.7. The molecule has 0 saturated carbocycles. The first-order valence-corrected chi connectivity index (χ1v) is 13.7. The van der Waals surface area contributed by atoms with Crippen molar-refractivity contribution in [3.8, 4) is 0 Å². The van der Waals surface area contributed by atoms with Gasteiger partial charge in [0, 0.05) is 36.2 Å². The summed E-state index contributed by atoms with van der Waals surface area (Å²) in [5, 5.41) is 18.1. The van der Waals surface area contributed by atoms with Gasteiger partial charge in [-0.25, -0.2) is 15.5 Å². The van der Waals surface area contributed by atoms with E-state index in [2.05, 4.69) is 36.2 Å². The number of halogens is 3. The molecule has 2 rings (SSSR count). The van der Waals surface area contributed by atoms with Crippen LogP contribution < -0.4 is 10.6 Å². The highest BCUT2D eigenvalue weighted by Gasteiger charge is 2.30. The third-order valence-corrected chi connectivity index (χ3v) is 6.80. The standard InChI is InChI=1S/C30H42F3N7/c1-6-10-26(40-35)17-20(4)36-28-19-24(8-3)27(14-13-22-11-9-12-25(18-22)30(31,32)33)38-29(39-28)37-21(5)23(7-2)15-16-34/h7,9,11-14,16,18,20,24,26,29,34-35,37H,2,6,8,10,15,17,19H2,1,3-5H3,(H,36,39)/b14-13+,23-21-,34-16?,40-35?. The van der Waals surface area contributed by atoms with Crippen LogP contribution in [0.1, 0.15) is 77.3 Å². The van der Waals surface area contributed by atoms with Crippen molar-refractivity contribution >= 4 is 23.8 Å². The van der Waals surface area contributed by atoms with Gasteiger partial charge in [0.2, 0.25) is 6.29 Å². The SMILES string of the molecule is C=C/C(CC=N)=C(\C)NC1N=C(NC(C)CC(CCC)N=N)CC(CC)C(/C=C/c2cccc(C(F)(F)F)c2)=N1. The van der Waals surface area contributed by atoms with Gasteiger partial charge in [-0.2, -0.15) is 18.3 Å². The maximum Gasteiger partial charge on any atom is 0.416 e. The second-order valence-corrected chi connectivity index (χ2v) is 10.0. The van der Waals surface area contributed by atoms with Crippen LogP contribution in [0.3, 0.4) is 0 Å². The summed E-state index contributed by atoms with van der Waals surface area (Å²) < 4.78 is 39.7. The molecule has 4 atom stereocenters. The Morgan fingerprint density at radius 2 is 2.00 bits per heavy atom. The van der Waals surface area contributed by atoms with Gasteiger partial charge in [0.05, 0.1) is 11.6 Å². The van der Waals surface area contributed by atoms with E-state index in [1.807, 2.05) is 13.8 Å². The average Bonchev–Trinajstić information content (AvgIpc) is 3.07. The highest BCUT2D eigenvalue weighted by molar-refractivity contribution is 6.03. The van der Waals surface area contributed by atoms with Gasteiger partial charge in [-0.3, -0.25) is 0 Å². The Morgan fingerprint density at radius 3 is 2.60 bits per heavy atom. The fraction of sp³-hybridized carbons (Fsp3) is 0.500. The first kappa shape index (κ1) is 32.7. The van der Waals surface area contributed by atoms with Gasteiger partial charge in [0.25, 0.3) is 0 Å². The van der Waals surface area contributed by atoms with Gasteiger partial charge in [-0.15, -0.1) is 0 Å². The molecule has 0 saturated heterocycles. The number of allylic oxidation sites excluding steroid dienone is 4. The Kier molecular flexibility index (Phi) is 13.0. The average molecular weight is 558 g/mol. The maximum absolute atomic E-state index is 13.2. The largest absolute Gasteiger partial charge is 0.416 e. The van der Waals surface area contributed by atoms with Gasteiger partial charge >= 0.3 is 6.18 Å². The Balaban J connectivity index is 2.42. The molecule has 4 unspecified atom stereocenters. The number of alkyl halides is 3. The normalized spacial score (nSPS) is 20.0. The monoisotopic (exact) mass is 557 g/mol. The molecule has 4 N–H and O–H groups in total. The topological polar surface area (TPSA) is 109 Å². The van der Waals surface area contributed by atoms with Crippen LogP contribution >= 0.6 is 0 Å². The smallest absolute Gasteiger partial charge is 0.371 e. The maximum atomic E-state index is 13.2. The molecule has 0 radical (unpaired) electrons. The number of hydrogen-bond acceptors (Lipinski definition) is 7. The lowest BCUT2D eigenvalue weighted by molar-refractivity contribution is -0.137. The molecule has 0 aromatic heterocycles. The summed E-state index contributed by atoms with van der Waals surface area (Å²) in [6.07, 6.45) is 5.60. The molecule has 10 heteroatoms. The van der Waals surface area contributed by atoms with Crippen molar-refractivity contribution in [1.82, 2.24) is 10.6 Å². The molecule has 0 amide bonds. The van der Waals surface area contributed by atoms with Crippen LogP contribution in [0.4, 0.5) is 13.2 Å². The Morgan fingerprint density at radius 1 is 1.25 bits per heavy atom. The van der Waals surface area contributed by atoms with Crippen LogP contribution in [0.2, 0.25) is 0 Å². The molecule has 7 nitrogen and oxygen atoms in total. The second-order valence-electron chi connectivity index (χ2n) is 10.0. The van der Waals surface area contributed by atoms with Crippen LogP contribution in [-0.4, -0.2) is 36.1 Å². The Hall–Kier alpha value is -3.56. The van der Waals surface area contributed by atoms with Crippen molar-refractivity contribution < 1.29 is 13.2 Å². The quantitative estimate of drug-likeness (QED) is 0.106. The van der Waals surface area contributed by atoms with Crippen molar-refractivity contribution in [2.24, 2.45) is 21.0 Å². The molecule has 1 heterocycles. The van der Waals surface area contributed by atoms with Crippen molar-refractivity contribution in [2.45, 2.75) is 90.8 Å². The van der Waals surface area contributed by atoms with E-state index < -0.39 is 18.0 Å². The third-order valence-electron chi connectivity index (χ3n) is 6.80. The molecule has 0 spiro atoms. The summed E-state index contributed by atoms with van der Waals surface area (Å²) in [6.45, 7) is 11.9. The summed E-state index contributed by atoms with van der Waals surface area (Å²) in [4.78, 5) is 9.77. The number of nitrogens with zero attached hydrogens (tertiary/aromatic N) is 3. The predicted octanol–water partition coefficient (Wildman–Crippen LogP) is 7.93. The van der Waals surface area contributed by atoms with E-state index in [9.17, 15) is 13.2 Å². The second kappa shape index (κ2) is 15.9. The van der Waals surface area contributed by atoms with Gasteiger partial charge in [-0.05, 0) is 68.7 Å². The number of aliphatic imine (C=N–C) groups is 2. The number of amidine groups is 1. The molecule has 1 aliphatic heterocycles. The molecule has 1 aliphatic rings. The van der Waals surface area contributed by atoms with E-state index in [0.717, 1.165) is 54.2 Å². The van der Waals surface area contributed by atoms with Crippen LogP contribution in [0.25, 0.3) is 6.08 Å². The van der Waals surface area contributed by atoms with E-state index in [1.54, 1.807) is 24.3 Å². The molecule has 218 valence electrons. The van der Waals surface area contributed by atoms with E-state index in [0.29, 0.717) is 24.8 Å². The fourth-order valence-corrected chi connectivity index (χ4v) is 4.61. The number of nitrogens with one attached hydrogen (secondary N) is 4. The van der Waals surface area contributed by atoms with E-state index in [4.69, 9.17) is 20.9 Å². The van der Waals surface area contributed by atoms with E-state index in [-0.39, 0.29) is 18.0 Å². The van der Waals surface area contributed by atoms with Gasteiger partial charge in [0.15, 0.2) is 0 Å². The zero-order valence-electron chi connectivity index (χ0n) is 23.9. The van der Waals surface area contributed by atoms with E-state index >= 15 is 0 Å². The first-order chi connectivity index (χ1) is 19.0. The van der Waals surface area contributed by atoms with E-state index in [1.165, 1.54) is 12.3 Å². The minimum Gasteiger partial charge on any atom is -0.371 e. The molecule has 0 bridgehead atoms. The lowest BCUT2D eigenvalue weighted by Crippen LogP contribution is -2.37. The van der Waals surface area contributed by atoms with Crippen LogP contribution in [0.5, 0.6) is 0 Å². The minimum atomic E-state index is -4.41. The van der Waals surface area contributed by atoms with Crippen LogP contribution in [0.15, 0.2) is 69.4 Å². The number of benzene rings is 1. The third kappa shape index (κ3) is 10.2. The van der Waals surface area contributed by atoms with Crippen molar-refractivity contribution in [2.75, 3.05) is 0 Å². The zero-order valence-corrected chi connectivity index (χ0v) is 23.9. The van der Waals surface area contributed by atoms with Crippen LogP contribution in [-0.2, 0) is 6.18 Å². The number of hydrogen-bond donors (Lipinski definition) is 4. The molecule has 0 aliphatic carbocycles. The van der Waals surface area contributed by atoms with Gasteiger partial charge in [0.1, 0.15) is 5.84 Å². The molecule has 40 heavy (non-hydrogen) atoms.